The van der Waals surface area contributed by atoms with Crippen LogP contribution in [0.3, 0.4) is 0 Å². The molecule has 0 N–H and O–H groups in total. The van der Waals surface area contributed by atoms with E-state index in [9.17, 15) is 0 Å². The SMILES string of the molecule is CC1(C)c2ccccc2-c2c(N(C3=CC(c4ccccc4)CC4=C3c3ccccc3C43c4ccccc4-c4ccccc43)c3ccc(-c4ccccc4)cc3)cccc21. The van der Waals surface area contributed by atoms with Gasteiger partial charge in [-0.2, -0.15) is 0 Å². The zero-order valence-electron chi connectivity index (χ0n) is 33.4. The van der Waals surface area contributed by atoms with E-state index in [4.69, 9.17) is 0 Å². The highest BCUT2D eigenvalue weighted by Crippen LogP contribution is 2.66. The third-order valence-corrected chi connectivity index (χ3v) is 13.9. The number of hydrogen-bond donors (Lipinski definition) is 0. The molecular formula is C58H43N. The van der Waals surface area contributed by atoms with Gasteiger partial charge in [-0.3, -0.25) is 0 Å². The van der Waals surface area contributed by atoms with Crippen LogP contribution in [0, 0.1) is 0 Å². The van der Waals surface area contributed by atoms with Gasteiger partial charge in [-0.15, -0.1) is 0 Å². The molecule has 4 aliphatic carbocycles. The number of rotatable bonds is 5. The minimum atomic E-state index is -0.415. The van der Waals surface area contributed by atoms with Crippen LogP contribution in [0.2, 0.25) is 0 Å². The lowest BCUT2D eigenvalue weighted by Gasteiger charge is -2.38. The van der Waals surface area contributed by atoms with Crippen LogP contribution in [0.15, 0.2) is 218 Å². The fourth-order valence-corrected chi connectivity index (χ4v) is 11.4. The van der Waals surface area contributed by atoms with Gasteiger partial charge in [0.15, 0.2) is 0 Å². The lowest BCUT2D eigenvalue weighted by atomic mass is 9.66. The summed E-state index contributed by atoms with van der Waals surface area (Å²) in [5.41, 5.74) is 23.2. The summed E-state index contributed by atoms with van der Waals surface area (Å²) in [5.74, 6) is 0.155. The van der Waals surface area contributed by atoms with Gasteiger partial charge in [0.1, 0.15) is 0 Å². The molecule has 0 saturated heterocycles. The first-order valence-corrected chi connectivity index (χ1v) is 21.0. The highest BCUT2D eigenvalue weighted by Gasteiger charge is 2.55. The van der Waals surface area contributed by atoms with Crippen molar-refractivity contribution >= 4 is 16.9 Å². The third kappa shape index (κ3) is 4.73. The van der Waals surface area contributed by atoms with Gasteiger partial charge in [0.2, 0.25) is 0 Å². The molecule has 0 aliphatic heterocycles. The fraction of sp³-hybridized carbons (Fsp3) is 0.103. The Bertz CT molecular complexity index is 2990. The first-order valence-electron chi connectivity index (χ1n) is 21.0. The average Bonchev–Trinajstić information content (AvgIpc) is 3.86. The molecule has 12 rings (SSSR count). The van der Waals surface area contributed by atoms with E-state index in [0.717, 1.165) is 12.1 Å². The Balaban J connectivity index is 1.19. The molecule has 59 heavy (non-hydrogen) atoms. The van der Waals surface area contributed by atoms with Gasteiger partial charge in [0.25, 0.3) is 0 Å². The Morgan fingerprint density at radius 3 is 1.61 bits per heavy atom. The molecule has 8 aromatic rings. The number of nitrogens with zero attached hydrogens (tertiary/aromatic N) is 1. The summed E-state index contributed by atoms with van der Waals surface area (Å²) in [6.07, 6.45) is 3.52. The zero-order valence-corrected chi connectivity index (χ0v) is 33.4. The van der Waals surface area contributed by atoms with Crippen LogP contribution in [0.1, 0.15) is 65.1 Å². The van der Waals surface area contributed by atoms with Gasteiger partial charge in [-0.1, -0.05) is 202 Å². The van der Waals surface area contributed by atoms with Crippen molar-refractivity contribution in [1.82, 2.24) is 0 Å². The third-order valence-electron chi connectivity index (χ3n) is 13.9. The number of fused-ring (bicyclic) bond motifs is 12. The second kappa shape index (κ2) is 12.8. The lowest BCUT2D eigenvalue weighted by molar-refractivity contribution is 0.660. The van der Waals surface area contributed by atoms with E-state index in [0.29, 0.717) is 0 Å². The summed E-state index contributed by atoms with van der Waals surface area (Å²) in [7, 11) is 0. The Morgan fingerprint density at radius 2 is 0.949 bits per heavy atom. The monoisotopic (exact) mass is 753 g/mol. The molecule has 0 fully saturated rings. The molecule has 0 saturated carbocycles. The Kier molecular flexibility index (Phi) is 7.38. The van der Waals surface area contributed by atoms with Crippen molar-refractivity contribution in [3.05, 3.63) is 256 Å². The zero-order chi connectivity index (χ0) is 39.3. The van der Waals surface area contributed by atoms with Gasteiger partial charge in [-0.25, -0.2) is 0 Å². The Morgan fingerprint density at radius 1 is 0.441 bits per heavy atom. The number of benzene rings is 8. The topological polar surface area (TPSA) is 3.24 Å². The van der Waals surface area contributed by atoms with Gasteiger partial charge in [0, 0.05) is 28.2 Å². The van der Waals surface area contributed by atoms with Crippen molar-refractivity contribution in [3.63, 3.8) is 0 Å². The molecule has 0 radical (unpaired) electrons. The number of anilines is 2. The molecule has 1 spiro atoms. The van der Waals surface area contributed by atoms with Crippen LogP contribution < -0.4 is 4.90 Å². The highest BCUT2D eigenvalue weighted by molar-refractivity contribution is 6.03. The van der Waals surface area contributed by atoms with Crippen LogP contribution in [-0.4, -0.2) is 0 Å². The standard InChI is InChI=1S/C58H43N/c1-57(2)47-26-13-11-24-45(47)55-51(57)30-17-31-53(55)59(42-34-32-40(33-35-42)38-18-5-3-6-19-38)54-37-41(39-20-7-4-8-21-39)36-52-56(54)46-25-12-16-29-50(46)58(52)48-27-14-9-22-43(48)44-23-10-15-28-49(44)58/h3-35,37,41H,36H2,1-2H3. The van der Waals surface area contributed by atoms with Crippen LogP contribution in [0.4, 0.5) is 11.4 Å². The van der Waals surface area contributed by atoms with Crippen LogP contribution in [0.25, 0.3) is 39.0 Å². The molecule has 0 heterocycles. The first kappa shape index (κ1) is 34.1. The normalized spacial score (nSPS) is 17.1. The summed E-state index contributed by atoms with van der Waals surface area (Å²) < 4.78 is 0. The van der Waals surface area contributed by atoms with E-state index < -0.39 is 5.41 Å². The highest BCUT2D eigenvalue weighted by atomic mass is 15.2. The maximum Gasteiger partial charge on any atom is 0.0689 e. The fourth-order valence-electron chi connectivity index (χ4n) is 11.4. The largest absolute Gasteiger partial charge is 0.310 e. The van der Waals surface area contributed by atoms with Crippen LogP contribution in [-0.2, 0) is 10.8 Å². The Labute approximate surface area is 347 Å². The van der Waals surface area contributed by atoms with E-state index in [-0.39, 0.29) is 11.3 Å². The predicted octanol–water partition coefficient (Wildman–Crippen LogP) is 14.7. The van der Waals surface area contributed by atoms with Crippen molar-refractivity contribution in [3.8, 4) is 33.4 Å². The molecule has 4 aliphatic rings. The molecule has 0 bridgehead atoms. The van der Waals surface area contributed by atoms with Crippen molar-refractivity contribution in [1.29, 1.82) is 0 Å². The number of hydrogen-bond acceptors (Lipinski definition) is 1. The van der Waals surface area contributed by atoms with E-state index in [1.807, 2.05) is 0 Å². The molecular weight excluding hydrogens is 711 g/mol. The molecule has 1 nitrogen and oxygen atoms in total. The summed E-state index contributed by atoms with van der Waals surface area (Å²) in [4.78, 5) is 2.62. The smallest absolute Gasteiger partial charge is 0.0689 e. The molecule has 1 heteroatoms. The van der Waals surface area contributed by atoms with Crippen LogP contribution in [0.5, 0.6) is 0 Å². The van der Waals surface area contributed by atoms with E-state index in [1.165, 1.54) is 94.9 Å². The van der Waals surface area contributed by atoms with Crippen molar-refractivity contribution in [2.75, 3.05) is 4.90 Å². The van der Waals surface area contributed by atoms with Gasteiger partial charge >= 0.3 is 0 Å². The summed E-state index contributed by atoms with van der Waals surface area (Å²) in [6.45, 7) is 4.77. The van der Waals surface area contributed by atoms with Crippen molar-refractivity contribution in [2.24, 2.45) is 0 Å². The summed E-state index contributed by atoms with van der Waals surface area (Å²) in [6, 6.07) is 75.0. The lowest BCUT2D eigenvalue weighted by Crippen LogP contribution is -2.30. The van der Waals surface area contributed by atoms with E-state index in [2.05, 4.69) is 225 Å². The maximum atomic E-state index is 2.62. The van der Waals surface area contributed by atoms with Crippen LogP contribution >= 0.6 is 0 Å². The van der Waals surface area contributed by atoms with Gasteiger partial charge in [0.05, 0.1) is 16.8 Å². The number of allylic oxidation sites excluding steroid dienone is 3. The predicted molar refractivity (Wildman–Crippen MR) is 245 cm³/mol. The molecule has 8 aromatic carbocycles. The molecule has 0 aromatic heterocycles. The minimum absolute atomic E-state index is 0.135. The molecule has 280 valence electrons. The average molecular weight is 754 g/mol. The molecule has 1 atom stereocenters. The quantitative estimate of drug-likeness (QED) is 0.169. The second-order valence-electron chi connectivity index (χ2n) is 17.1. The van der Waals surface area contributed by atoms with E-state index >= 15 is 0 Å². The van der Waals surface area contributed by atoms with Gasteiger partial charge in [-0.05, 0) is 97.0 Å². The van der Waals surface area contributed by atoms with E-state index in [1.54, 1.807) is 0 Å². The summed E-state index contributed by atoms with van der Waals surface area (Å²) >= 11 is 0. The first-order chi connectivity index (χ1) is 29.0. The van der Waals surface area contributed by atoms with Crippen molar-refractivity contribution < 1.29 is 0 Å². The Hall–Kier alpha value is -6.96. The minimum Gasteiger partial charge on any atom is -0.310 e. The maximum absolute atomic E-state index is 2.62. The summed E-state index contributed by atoms with van der Waals surface area (Å²) in [5, 5.41) is 0. The molecule has 1 unspecified atom stereocenters. The van der Waals surface area contributed by atoms with Gasteiger partial charge < -0.3 is 4.90 Å². The molecule has 0 amide bonds. The second-order valence-corrected chi connectivity index (χ2v) is 17.1. The van der Waals surface area contributed by atoms with Crippen molar-refractivity contribution in [2.45, 2.75) is 37.0 Å².